The van der Waals surface area contributed by atoms with Gasteiger partial charge in [0.05, 0.1) is 12.1 Å². The molecule has 0 aliphatic heterocycles. The zero-order chi connectivity index (χ0) is 15.1. The Bertz CT molecular complexity index is 611. The first-order chi connectivity index (χ1) is 10.2. The first-order valence-corrected chi connectivity index (χ1v) is 6.95. The van der Waals surface area contributed by atoms with Crippen molar-refractivity contribution in [2.24, 2.45) is 0 Å². The SMILES string of the molecule is CNc1ccccc1C(=O)NCCOc1cccc(C)c1. The normalized spacial score (nSPS) is 10.0. The molecule has 2 N–H and O–H groups in total. The number of anilines is 1. The lowest BCUT2D eigenvalue weighted by Gasteiger charge is -2.10. The Kier molecular flexibility index (Phi) is 5.21. The van der Waals surface area contributed by atoms with Gasteiger partial charge in [-0.15, -0.1) is 0 Å². The minimum absolute atomic E-state index is 0.104. The molecule has 0 heterocycles. The van der Waals surface area contributed by atoms with Crippen LogP contribution in [0, 0.1) is 6.92 Å². The van der Waals surface area contributed by atoms with E-state index in [1.807, 2.05) is 49.4 Å². The van der Waals surface area contributed by atoms with Crippen molar-refractivity contribution in [3.63, 3.8) is 0 Å². The monoisotopic (exact) mass is 284 g/mol. The molecule has 4 heteroatoms. The number of aryl methyl sites for hydroxylation is 1. The van der Waals surface area contributed by atoms with Crippen LogP contribution < -0.4 is 15.4 Å². The highest BCUT2D eigenvalue weighted by Crippen LogP contribution is 2.14. The molecular formula is C17H20N2O2. The fraction of sp³-hybridized carbons (Fsp3) is 0.235. The Balaban J connectivity index is 1.82. The maximum absolute atomic E-state index is 12.1. The van der Waals surface area contributed by atoms with Gasteiger partial charge < -0.3 is 15.4 Å². The van der Waals surface area contributed by atoms with Crippen molar-refractivity contribution in [1.29, 1.82) is 0 Å². The standard InChI is InChI=1S/C17H20N2O2/c1-13-6-5-7-14(12-13)21-11-10-19-17(20)15-8-3-4-9-16(15)18-2/h3-9,12,18H,10-11H2,1-2H3,(H,19,20). The molecule has 0 aromatic heterocycles. The summed E-state index contributed by atoms with van der Waals surface area (Å²) in [5.74, 6) is 0.715. The number of amides is 1. The van der Waals surface area contributed by atoms with Gasteiger partial charge in [0.25, 0.3) is 5.91 Å². The van der Waals surface area contributed by atoms with Gasteiger partial charge in [-0.05, 0) is 36.8 Å². The lowest BCUT2D eigenvalue weighted by molar-refractivity contribution is 0.0948. The number of para-hydroxylation sites is 1. The summed E-state index contributed by atoms with van der Waals surface area (Å²) in [6, 6.07) is 15.3. The van der Waals surface area contributed by atoms with Crippen molar-refractivity contribution in [2.45, 2.75) is 6.92 Å². The molecule has 2 aromatic carbocycles. The maximum atomic E-state index is 12.1. The van der Waals surface area contributed by atoms with Gasteiger partial charge in [-0.1, -0.05) is 24.3 Å². The van der Waals surface area contributed by atoms with E-state index in [1.54, 1.807) is 13.1 Å². The molecule has 0 unspecified atom stereocenters. The second-order valence-corrected chi connectivity index (χ2v) is 4.72. The number of hydrogen-bond donors (Lipinski definition) is 2. The summed E-state index contributed by atoms with van der Waals surface area (Å²) < 4.78 is 5.60. The largest absolute Gasteiger partial charge is 0.492 e. The first kappa shape index (κ1) is 14.9. The van der Waals surface area contributed by atoms with E-state index in [0.717, 1.165) is 17.0 Å². The van der Waals surface area contributed by atoms with Crippen LogP contribution >= 0.6 is 0 Å². The van der Waals surface area contributed by atoms with E-state index in [9.17, 15) is 4.79 Å². The van der Waals surface area contributed by atoms with Crippen LogP contribution in [0.2, 0.25) is 0 Å². The van der Waals surface area contributed by atoms with E-state index in [-0.39, 0.29) is 5.91 Å². The number of rotatable bonds is 6. The number of benzene rings is 2. The molecule has 0 saturated heterocycles. The highest BCUT2D eigenvalue weighted by Gasteiger charge is 2.08. The molecule has 0 spiro atoms. The molecule has 0 bridgehead atoms. The van der Waals surface area contributed by atoms with Crippen molar-refractivity contribution < 1.29 is 9.53 Å². The minimum Gasteiger partial charge on any atom is -0.492 e. The number of carbonyl (C=O) groups excluding carboxylic acids is 1. The molecule has 21 heavy (non-hydrogen) atoms. The van der Waals surface area contributed by atoms with Gasteiger partial charge in [0, 0.05) is 12.7 Å². The van der Waals surface area contributed by atoms with E-state index >= 15 is 0 Å². The van der Waals surface area contributed by atoms with Gasteiger partial charge in [0.1, 0.15) is 12.4 Å². The molecule has 0 fully saturated rings. The van der Waals surface area contributed by atoms with E-state index in [0.29, 0.717) is 18.7 Å². The zero-order valence-corrected chi connectivity index (χ0v) is 12.3. The number of carbonyl (C=O) groups is 1. The van der Waals surface area contributed by atoms with Crippen molar-refractivity contribution in [2.75, 3.05) is 25.5 Å². The second kappa shape index (κ2) is 7.33. The van der Waals surface area contributed by atoms with Crippen LogP contribution in [0.4, 0.5) is 5.69 Å². The highest BCUT2D eigenvalue weighted by molar-refractivity contribution is 5.99. The molecule has 0 saturated carbocycles. The average Bonchev–Trinajstić information content (AvgIpc) is 2.51. The molecule has 2 aromatic rings. The van der Waals surface area contributed by atoms with Crippen molar-refractivity contribution in [1.82, 2.24) is 5.32 Å². The minimum atomic E-state index is -0.104. The Morgan fingerprint density at radius 1 is 1.14 bits per heavy atom. The van der Waals surface area contributed by atoms with E-state index in [2.05, 4.69) is 10.6 Å². The zero-order valence-electron chi connectivity index (χ0n) is 12.3. The van der Waals surface area contributed by atoms with Crippen molar-refractivity contribution in [3.8, 4) is 5.75 Å². The fourth-order valence-electron chi connectivity index (χ4n) is 2.03. The predicted molar refractivity (Wildman–Crippen MR) is 85.0 cm³/mol. The number of hydrogen-bond acceptors (Lipinski definition) is 3. The highest BCUT2D eigenvalue weighted by atomic mass is 16.5. The van der Waals surface area contributed by atoms with Crippen LogP contribution in [0.3, 0.4) is 0 Å². The van der Waals surface area contributed by atoms with Gasteiger partial charge in [0.15, 0.2) is 0 Å². The third kappa shape index (κ3) is 4.24. The fourth-order valence-corrected chi connectivity index (χ4v) is 2.03. The lowest BCUT2D eigenvalue weighted by atomic mass is 10.1. The summed E-state index contributed by atoms with van der Waals surface area (Å²) in [7, 11) is 1.80. The lowest BCUT2D eigenvalue weighted by Crippen LogP contribution is -2.28. The molecule has 0 aliphatic carbocycles. The Labute approximate surface area is 125 Å². The topological polar surface area (TPSA) is 50.4 Å². The molecular weight excluding hydrogens is 264 g/mol. The summed E-state index contributed by atoms with van der Waals surface area (Å²) >= 11 is 0. The summed E-state index contributed by atoms with van der Waals surface area (Å²) in [5, 5.41) is 5.86. The van der Waals surface area contributed by atoms with E-state index < -0.39 is 0 Å². The van der Waals surface area contributed by atoms with Gasteiger partial charge in [-0.25, -0.2) is 0 Å². The van der Waals surface area contributed by atoms with Crippen LogP contribution in [-0.2, 0) is 0 Å². The van der Waals surface area contributed by atoms with Crippen LogP contribution in [0.15, 0.2) is 48.5 Å². The molecule has 4 nitrogen and oxygen atoms in total. The Morgan fingerprint density at radius 2 is 1.95 bits per heavy atom. The number of ether oxygens (including phenoxy) is 1. The maximum Gasteiger partial charge on any atom is 0.253 e. The third-order valence-corrected chi connectivity index (χ3v) is 3.09. The molecule has 1 amide bonds. The first-order valence-electron chi connectivity index (χ1n) is 6.95. The number of nitrogens with one attached hydrogen (secondary N) is 2. The molecule has 0 aliphatic rings. The molecule has 2 rings (SSSR count). The summed E-state index contributed by atoms with van der Waals surface area (Å²) in [6.45, 7) is 2.92. The van der Waals surface area contributed by atoms with Crippen LogP contribution in [0.25, 0.3) is 0 Å². The van der Waals surface area contributed by atoms with Crippen LogP contribution in [0.5, 0.6) is 5.75 Å². The van der Waals surface area contributed by atoms with Crippen LogP contribution in [-0.4, -0.2) is 26.1 Å². The average molecular weight is 284 g/mol. The van der Waals surface area contributed by atoms with E-state index in [4.69, 9.17) is 4.74 Å². The van der Waals surface area contributed by atoms with Crippen molar-refractivity contribution >= 4 is 11.6 Å². The summed E-state index contributed by atoms with van der Waals surface area (Å²) in [5.41, 5.74) is 2.60. The van der Waals surface area contributed by atoms with E-state index in [1.165, 1.54) is 0 Å². The summed E-state index contributed by atoms with van der Waals surface area (Å²) in [6.07, 6.45) is 0. The molecule has 110 valence electrons. The summed E-state index contributed by atoms with van der Waals surface area (Å²) in [4.78, 5) is 12.1. The Hall–Kier alpha value is -2.49. The van der Waals surface area contributed by atoms with Gasteiger partial charge in [-0.2, -0.15) is 0 Å². The Morgan fingerprint density at radius 3 is 2.71 bits per heavy atom. The quantitative estimate of drug-likeness (QED) is 0.802. The molecule has 0 radical (unpaired) electrons. The van der Waals surface area contributed by atoms with Gasteiger partial charge in [-0.3, -0.25) is 4.79 Å². The smallest absolute Gasteiger partial charge is 0.253 e. The van der Waals surface area contributed by atoms with Gasteiger partial charge >= 0.3 is 0 Å². The van der Waals surface area contributed by atoms with Crippen LogP contribution in [0.1, 0.15) is 15.9 Å². The molecule has 0 atom stereocenters. The predicted octanol–water partition coefficient (Wildman–Crippen LogP) is 2.85. The second-order valence-electron chi connectivity index (χ2n) is 4.72. The third-order valence-electron chi connectivity index (χ3n) is 3.09. The van der Waals surface area contributed by atoms with Crippen molar-refractivity contribution in [3.05, 3.63) is 59.7 Å². The van der Waals surface area contributed by atoms with Gasteiger partial charge in [0.2, 0.25) is 0 Å².